The van der Waals surface area contributed by atoms with E-state index in [1.165, 1.54) is 0 Å². The van der Waals surface area contributed by atoms with Gasteiger partial charge in [0.25, 0.3) is 5.91 Å². The highest BCUT2D eigenvalue weighted by Gasteiger charge is 2.20. The summed E-state index contributed by atoms with van der Waals surface area (Å²) < 4.78 is 12.4. The summed E-state index contributed by atoms with van der Waals surface area (Å²) in [5.41, 5.74) is 9.27. The van der Waals surface area contributed by atoms with E-state index in [0.717, 1.165) is 65.3 Å². The van der Waals surface area contributed by atoms with Crippen LogP contribution in [0.1, 0.15) is 15.9 Å². The molecule has 0 aliphatic carbocycles. The van der Waals surface area contributed by atoms with Gasteiger partial charge >= 0.3 is 0 Å². The number of ether oxygens (including phenoxy) is 2. The molecule has 35 heavy (non-hydrogen) atoms. The van der Waals surface area contributed by atoms with Crippen LogP contribution in [0.5, 0.6) is 5.75 Å². The molecule has 2 aromatic carbocycles. The number of anilines is 1. The zero-order valence-electron chi connectivity index (χ0n) is 19.4. The van der Waals surface area contributed by atoms with Crippen molar-refractivity contribution in [3.8, 4) is 5.75 Å². The predicted molar refractivity (Wildman–Crippen MR) is 142 cm³/mol. The van der Waals surface area contributed by atoms with Gasteiger partial charge in [-0.25, -0.2) is 4.98 Å². The van der Waals surface area contributed by atoms with Crippen LogP contribution in [0.2, 0.25) is 0 Å². The van der Waals surface area contributed by atoms with E-state index in [4.69, 9.17) is 15.2 Å². The van der Waals surface area contributed by atoms with Crippen LogP contribution in [0.25, 0.3) is 10.2 Å². The number of amides is 1. The summed E-state index contributed by atoms with van der Waals surface area (Å²) in [5, 5.41) is 9.11. The molecular weight excluding hydrogens is 482 g/mol. The molecular formula is C25H29N5O3S2. The largest absolute Gasteiger partial charge is 0.492 e. The van der Waals surface area contributed by atoms with Crippen molar-refractivity contribution in [1.82, 2.24) is 15.2 Å². The third-order valence-electron chi connectivity index (χ3n) is 5.99. The molecule has 1 atom stereocenters. The van der Waals surface area contributed by atoms with Gasteiger partial charge in [-0.3, -0.25) is 9.69 Å². The van der Waals surface area contributed by atoms with Gasteiger partial charge in [-0.15, -0.1) is 11.8 Å². The van der Waals surface area contributed by atoms with E-state index < -0.39 is 0 Å². The van der Waals surface area contributed by atoms with Crippen LogP contribution in [0.15, 0.2) is 53.6 Å². The molecule has 10 heteroatoms. The number of hydrogen-bond acceptors (Lipinski definition) is 9. The third kappa shape index (κ3) is 6.26. The fourth-order valence-electron chi connectivity index (χ4n) is 3.92. The van der Waals surface area contributed by atoms with Crippen LogP contribution in [0.3, 0.4) is 0 Å². The number of morpholine rings is 1. The van der Waals surface area contributed by atoms with Crippen molar-refractivity contribution in [2.24, 2.45) is 5.73 Å². The number of rotatable bonds is 9. The van der Waals surface area contributed by atoms with E-state index in [1.807, 2.05) is 41.8 Å². The number of thioether (sulfide) groups is 1. The molecule has 0 spiro atoms. The number of nitrogens with zero attached hydrogens (tertiary/aromatic N) is 2. The van der Waals surface area contributed by atoms with Gasteiger partial charge in [-0.2, -0.15) is 0 Å². The van der Waals surface area contributed by atoms with Crippen molar-refractivity contribution in [2.45, 2.75) is 12.6 Å². The number of carbonyl (C=O) groups is 1. The zero-order valence-corrected chi connectivity index (χ0v) is 21.0. The van der Waals surface area contributed by atoms with E-state index in [1.54, 1.807) is 23.1 Å². The predicted octanol–water partition coefficient (Wildman–Crippen LogP) is 3.26. The van der Waals surface area contributed by atoms with Crippen LogP contribution in [-0.2, 0) is 11.3 Å². The number of benzene rings is 2. The number of nitrogens with one attached hydrogen (secondary N) is 2. The van der Waals surface area contributed by atoms with Crippen LogP contribution in [-0.4, -0.2) is 67.0 Å². The number of nitrogens with two attached hydrogens (primary N) is 1. The van der Waals surface area contributed by atoms with Crippen LogP contribution in [0.4, 0.5) is 5.13 Å². The quantitative estimate of drug-likeness (QED) is 0.402. The van der Waals surface area contributed by atoms with E-state index in [-0.39, 0.29) is 11.9 Å². The maximum Gasteiger partial charge on any atom is 0.251 e. The molecule has 3 aromatic rings. The van der Waals surface area contributed by atoms with Crippen molar-refractivity contribution in [3.05, 3.63) is 64.7 Å². The van der Waals surface area contributed by atoms with E-state index >= 15 is 0 Å². The molecule has 0 saturated carbocycles. The van der Waals surface area contributed by atoms with E-state index in [0.29, 0.717) is 24.4 Å². The van der Waals surface area contributed by atoms with Crippen molar-refractivity contribution < 1.29 is 14.3 Å². The van der Waals surface area contributed by atoms with Gasteiger partial charge in [0.15, 0.2) is 5.13 Å². The molecule has 1 amide bonds. The number of fused-ring (bicyclic) bond motifs is 1. The Hall–Kier alpha value is -2.79. The lowest BCUT2D eigenvalue weighted by atomic mass is 10.1. The SMILES string of the molecule is NC1=CSCC1NC(=O)c1ccc(CNc2nc3ccc(OCCN4CCOCC4)cc3s2)cc1. The van der Waals surface area contributed by atoms with Crippen LogP contribution >= 0.6 is 23.1 Å². The van der Waals surface area contributed by atoms with Gasteiger partial charge in [-0.1, -0.05) is 23.5 Å². The lowest BCUT2D eigenvalue weighted by Crippen LogP contribution is -2.38. The Bertz CT molecular complexity index is 1190. The number of carbonyl (C=O) groups excluding carboxylic acids is 1. The average Bonchev–Trinajstić information content (AvgIpc) is 3.48. The molecule has 2 aliphatic heterocycles. The standard InChI is InChI=1S/C25H29N5O3S2/c26-20-15-34-16-22(20)28-24(31)18-3-1-17(2-4-18)14-27-25-29-21-6-5-19(13-23(21)35-25)33-12-9-30-7-10-32-11-8-30/h1-6,13,15,22H,7-12,14,16,26H2,(H,27,29)(H,28,31). The molecule has 1 unspecified atom stereocenters. The van der Waals surface area contributed by atoms with Crippen molar-refractivity contribution in [1.29, 1.82) is 0 Å². The Morgan fingerprint density at radius 2 is 2.03 bits per heavy atom. The molecule has 0 bridgehead atoms. The highest BCUT2D eigenvalue weighted by atomic mass is 32.2. The Labute approximate surface area is 212 Å². The summed E-state index contributed by atoms with van der Waals surface area (Å²) in [5.74, 6) is 1.54. The van der Waals surface area contributed by atoms with Gasteiger partial charge in [0, 0.05) is 43.2 Å². The molecule has 5 rings (SSSR count). The molecule has 4 N–H and O–H groups in total. The molecule has 0 radical (unpaired) electrons. The first-order valence-electron chi connectivity index (χ1n) is 11.7. The maximum atomic E-state index is 12.5. The Morgan fingerprint density at radius 3 is 2.80 bits per heavy atom. The lowest BCUT2D eigenvalue weighted by Gasteiger charge is -2.26. The van der Waals surface area contributed by atoms with Gasteiger partial charge in [0.2, 0.25) is 0 Å². The lowest BCUT2D eigenvalue weighted by molar-refractivity contribution is 0.0322. The molecule has 184 valence electrons. The van der Waals surface area contributed by atoms with E-state index in [2.05, 4.69) is 26.6 Å². The van der Waals surface area contributed by atoms with Crippen molar-refractivity contribution in [3.63, 3.8) is 0 Å². The fraction of sp³-hybridized carbons (Fsp3) is 0.360. The van der Waals surface area contributed by atoms with E-state index in [9.17, 15) is 4.79 Å². The minimum absolute atomic E-state index is 0.0939. The monoisotopic (exact) mass is 511 g/mol. The summed E-state index contributed by atoms with van der Waals surface area (Å²) in [6, 6.07) is 13.5. The fourth-order valence-corrected chi connectivity index (χ4v) is 5.74. The Kier molecular flexibility index (Phi) is 7.72. The van der Waals surface area contributed by atoms with Gasteiger partial charge in [0.1, 0.15) is 12.4 Å². The first-order chi connectivity index (χ1) is 17.1. The first kappa shape index (κ1) is 23.9. The summed E-state index contributed by atoms with van der Waals surface area (Å²) in [4.78, 5) is 19.5. The van der Waals surface area contributed by atoms with Crippen LogP contribution < -0.4 is 21.1 Å². The van der Waals surface area contributed by atoms with Crippen molar-refractivity contribution in [2.75, 3.05) is 50.5 Å². The third-order valence-corrected chi connectivity index (χ3v) is 7.93. The molecule has 8 nitrogen and oxygen atoms in total. The van der Waals surface area contributed by atoms with Crippen LogP contribution in [0, 0.1) is 0 Å². The van der Waals surface area contributed by atoms with Gasteiger partial charge < -0.3 is 25.8 Å². The number of hydrogen-bond donors (Lipinski definition) is 3. The Morgan fingerprint density at radius 1 is 1.20 bits per heavy atom. The van der Waals surface area contributed by atoms with Gasteiger partial charge in [-0.05, 0) is 41.3 Å². The molecule has 1 saturated heterocycles. The normalized spacial score (nSPS) is 18.4. The summed E-state index contributed by atoms with van der Waals surface area (Å²) in [6.45, 7) is 5.72. The molecule has 1 aromatic heterocycles. The molecule has 2 aliphatic rings. The number of aromatic nitrogens is 1. The smallest absolute Gasteiger partial charge is 0.251 e. The topological polar surface area (TPSA) is 102 Å². The maximum absolute atomic E-state index is 12.5. The second kappa shape index (κ2) is 11.3. The second-order valence-electron chi connectivity index (χ2n) is 8.48. The second-order valence-corrected chi connectivity index (χ2v) is 10.4. The summed E-state index contributed by atoms with van der Waals surface area (Å²) in [6.07, 6.45) is 0. The summed E-state index contributed by atoms with van der Waals surface area (Å²) >= 11 is 3.22. The first-order valence-corrected chi connectivity index (χ1v) is 13.5. The van der Waals surface area contributed by atoms with Crippen molar-refractivity contribution >= 4 is 44.4 Å². The minimum Gasteiger partial charge on any atom is -0.492 e. The molecule has 1 fully saturated rings. The summed E-state index contributed by atoms with van der Waals surface area (Å²) in [7, 11) is 0. The highest BCUT2D eigenvalue weighted by Crippen LogP contribution is 2.29. The zero-order chi connectivity index (χ0) is 24.0. The number of thiazole rings is 1. The molecule has 3 heterocycles. The minimum atomic E-state index is -0.109. The Balaban J connectivity index is 1.12. The average molecular weight is 512 g/mol. The highest BCUT2D eigenvalue weighted by molar-refractivity contribution is 8.02. The van der Waals surface area contributed by atoms with Gasteiger partial charge in [0.05, 0.1) is 29.5 Å².